The molecular weight excluding hydrogens is 304 g/mol. The molecule has 0 fully saturated rings. The van der Waals surface area contributed by atoms with Crippen molar-refractivity contribution in [2.75, 3.05) is 13.1 Å². The highest BCUT2D eigenvalue weighted by Gasteiger charge is 2.19. The molecule has 0 atom stereocenters. The fourth-order valence-corrected chi connectivity index (χ4v) is 2.45. The Labute approximate surface area is 142 Å². The third kappa shape index (κ3) is 4.04. The lowest BCUT2D eigenvalue weighted by atomic mass is 10.1. The van der Waals surface area contributed by atoms with E-state index in [9.17, 15) is 4.79 Å². The van der Waals surface area contributed by atoms with Gasteiger partial charge in [-0.2, -0.15) is 0 Å². The van der Waals surface area contributed by atoms with Crippen LogP contribution in [0.5, 0.6) is 5.75 Å². The quantitative estimate of drug-likeness (QED) is 0.723. The Morgan fingerprint density at radius 2 is 2.04 bits per heavy atom. The first-order valence-corrected chi connectivity index (χ1v) is 8.01. The summed E-state index contributed by atoms with van der Waals surface area (Å²) >= 11 is 0. The van der Waals surface area contributed by atoms with E-state index < -0.39 is 0 Å². The minimum Gasteiger partial charge on any atom is -0.488 e. The third-order valence-electron chi connectivity index (χ3n) is 3.80. The van der Waals surface area contributed by atoms with E-state index >= 15 is 0 Å². The molecule has 2 rings (SSSR count). The van der Waals surface area contributed by atoms with E-state index in [4.69, 9.17) is 9.26 Å². The molecule has 0 aliphatic rings. The van der Waals surface area contributed by atoms with Crippen LogP contribution in [0.25, 0.3) is 0 Å². The number of hydrogen-bond acceptors (Lipinski definition) is 4. The topological polar surface area (TPSA) is 55.6 Å². The summed E-state index contributed by atoms with van der Waals surface area (Å²) in [7, 11) is 0. The zero-order chi connectivity index (χ0) is 17.7. The number of hydrogen-bond donors (Lipinski definition) is 0. The maximum Gasteiger partial charge on any atom is 0.257 e. The molecule has 0 saturated carbocycles. The number of ether oxygens (including phenoxy) is 1. The van der Waals surface area contributed by atoms with Gasteiger partial charge in [-0.3, -0.25) is 4.79 Å². The fraction of sp³-hybridized carbons (Fsp3) is 0.368. The standard InChI is InChI=1S/C19H24N2O3/c1-6-21(11-13(2)3)19(22)16-9-7-8-10-18(16)23-12-17-14(4)20-24-15(17)5/h7-10H,2,6,11-12H2,1,3-5H3. The summed E-state index contributed by atoms with van der Waals surface area (Å²) in [4.78, 5) is 14.6. The van der Waals surface area contributed by atoms with Crippen LogP contribution in [0.1, 0.15) is 41.2 Å². The van der Waals surface area contributed by atoms with Gasteiger partial charge in [0.25, 0.3) is 5.91 Å². The second kappa shape index (κ2) is 7.81. The number of carbonyl (C=O) groups is 1. The van der Waals surface area contributed by atoms with Crippen molar-refractivity contribution < 1.29 is 14.1 Å². The van der Waals surface area contributed by atoms with Crippen molar-refractivity contribution in [2.45, 2.75) is 34.3 Å². The van der Waals surface area contributed by atoms with E-state index in [1.165, 1.54) is 0 Å². The lowest BCUT2D eigenvalue weighted by Gasteiger charge is -2.22. The van der Waals surface area contributed by atoms with Gasteiger partial charge in [0.2, 0.25) is 0 Å². The average Bonchev–Trinajstić information content (AvgIpc) is 2.88. The van der Waals surface area contributed by atoms with E-state index in [1.54, 1.807) is 17.0 Å². The third-order valence-corrected chi connectivity index (χ3v) is 3.80. The van der Waals surface area contributed by atoms with E-state index in [0.717, 1.165) is 22.6 Å². The molecule has 1 amide bonds. The van der Waals surface area contributed by atoms with Gasteiger partial charge in [-0.25, -0.2) is 0 Å². The summed E-state index contributed by atoms with van der Waals surface area (Å²) in [6.45, 7) is 12.9. The van der Waals surface area contributed by atoms with Crippen LogP contribution in [0.3, 0.4) is 0 Å². The van der Waals surface area contributed by atoms with Crippen molar-refractivity contribution in [2.24, 2.45) is 0 Å². The molecule has 0 bridgehead atoms. The maximum atomic E-state index is 12.8. The molecule has 1 aromatic carbocycles. The molecule has 5 nitrogen and oxygen atoms in total. The summed E-state index contributed by atoms with van der Waals surface area (Å²) in [5, 5.41) is 3.92. The van der Waals surface area contributed by atoms with Gasteiger partial charge in [0.05, 0.1) is 16.8 Å². The van der Waals surface area contributed by atoms with Crippen LogP contribution in [0, 0.1) is 13.8 Å². The SMILES string of the molecule is C=C(C)CN(CC)C(=O)c1ccccc1OCc1c(C)noc1C. The van der Waals surface area contributed by atoms with Crippen molar-refractivity contribution in [3.8, 4) is 5.75 Å². The maximum absolute atomic E-state index is 12.8. The van der Waals surface area contributed by atoms with Gasteiger partial charge >= 0.3 is 0 Å². The first-order valence-electron chi connectivity index (χ1n) is 8.01. The Bertz CT molecular complexity index is 714. The molecule has 24 heavy (non-hydrogen) atoms. The molecule has 5 heteroatoms. The average molecular weight is 328 g/mol. The summed E-state index contributed by atoms with van der Waals surface area (Å²) in [6, 6.07) is 7.28. The van der Waals surface area contributed by atoms with Crippen molar-refractivity contribution >= 4 is 5.91 Å². The highest BCUT2D eigenvalue weighted by atomic mass is 16.5. The number of aryl methyl sites for hydroxylation is 2. The number of carbonyl (C=O) groups excluding carboxylic acids is 1. The highest BCUT2D eigenvalue weighted by Crippen LogP contribution is 2.23. The number of benzene rings is 1. The first-order chi connectivity index (χ1) is 11.4. The Morgan fingerprint density at radius 1 is 1.33 bits per heavy atom. The number of rotatable bonds is 7. The van der Waals surface area contributed by atoms with E-state index in [0.29, 0.717) is 31.0 Å². The number of para-hydroxylation sites is 1. The minimum absolute atomic E-state index is 0.0603. The Balaban J connectivity index is 2.20. The van der Waals surface area contributed by atoms with Gasteiger partial charge in [-0.1, -0.05) is 29.4 Å². The fourth-order valence-electron chi connectivity index (χ4n) is 2.45. The van der Waals surface area contributed by atoms with E-state index in [2.05, 4.69) is 11.7 Å². The van der Waals surface area contributed by atoms with Gasteiger partial charge < -0.3 is 14.2 Å². The van der Waals surface area contributed by atoms with Crippen LogP contribution in [-0.4, -0.2) is 29.1 Å². The van der Waals surface area contributed by atoms with Gasteiger partial charge in [-0.05, 0) is 39.8 Å². The van der Waals surface area contributed by atoms with Gasteiger partial charge in [0.15, 0.2) is 0 Å². The predicted molar refractivity (Wildman–Crippen MR) is 93.1 cm³/mol. The van der Waals surface area contributed by atoms with Crippen molar-refractivity contribution in [3.05, 3.63) is 59.0 Å². The monoisotopic (exact) mass is 328 g/mol. The second-order valence-electron chi connectivity index (χ2n) is 5.86. The molecule has 0 spiro atoms. The molecule has 1 heterocycles. The molecule has 0 aliphatic carbocycles. The molecule has 1 aromatic heterocycles. The molecule has 2 aromatic rings. The van der Waals surface area contributed by atoms with Gasteiger partial charge in [0.1, 0.15) is 18.1 Å². The second-order valence-corrected chi connectivity index (χ2v) is 5.86. The first kappa shape index (κ1) is 17.8. The van der Waals surface area contributed by atoms with Gasteiger partial charge in [0, 0.05) is 13.1 Å². The van der Waals surface area contributed by atoms with Gasteiger partial charge in [-0.15, -0.1) is 0 Å². The Hall–Kier alpha value is -2.56. The number of nitrogens with zero attached hydrogens (tertiary/aromatic N) is 2. The van der Waals surface area contributed by atoms with Crippen LogP contribution in [0.2, 0.25) is 0 Å². The molecule has 0 N–H and O–H groups in total. The molecule has 128 valence electrons. The largest absolute Gasteiger partial charge is 0.488 e. The number of amides is 1. The minimum atomic E-state index is -0.0603. The summed E-state index contributed by atoms with van der Waals surface area (Å²) < 4.78 is 11.0. The molecule has 0 radical (unpaired) electrons. The number of likely N-dealkylation sites (N-methyl/N-ethyl adjacent to an activating group) is 1. The van der Waals surface area contributed by atoms with E-state index in [-0.39, 0.29) is 5.91 Å². The smallest absolute Gasteiger partial charge is 0.257 e. The Morgan fingerprint density at radius 3 is 2.62 bits per heavy atom. The van der Waals surface area contributed by atoms with Crippen LogP contribution >= 0.6 is 0 Å². The zero-order valence-corrected chi connectivity index (χ0v) is 14.8. The molecule has 0 aliphatic heterocycles. The molecule has 0 unspecified atom stereocenters. The highest BCUT2D eigenvalue weighted by molar-refractivity contribution is 5.97. The van der Waals surface area contributed by atoms with Crippen LogP contribution in [0.4, 0.5) is 0 Å². The summed E-state index contributed by atoms with van der Waals surface area (Å²) in [5.41, 5.74) is 3.20. The molecular formula is C19H24N2O3. The van der Waals surface area contributed by atoms with Crippen molar-refractivity contribution in [3.63, 3.8) is 0 Å². The predicted octanol–water partition coefficient (Wildman–Crippen LogP) is 3.91. The van der Waals surface area contributed by atoms with Crippen molar-refractivity contribution in [1.82, 2.24) is 10.1 Å². The summed E-state index contributed by atoms with van der Waals surface area (Å²) in [5.74, 6) is 1.23. The summed E-state index contributed by atoms with van der Waals surface area (Å²) in [6.07, 6.45) is 0. The van der Waals surface area contributed by atoms with Crippen molar-refractivity contribution in [1.29, 1.82) is 0 Å². The lowest BCUT2D eigenvalue weighted by molar-refractivity contribution is 0.0773. The van der Waals surface area contributed by atoms with E-state index in [1.807, 2.05) is 39.8 Å². The number of aromatic nitrogens is 1. The molecule has 0 saturated heterocycles. The Kier molecular flexibility index (Phi) is 5.79. The normalized spacial score (nSPS) is 10.5. The lowest BCUT2D eigenvalue weighted by Crippen LogP contribution is -2.32. The van der Waals surface area contributed by atoms with Crippen LogP contribution < -0.4 is 4.74 Å². The van der Waals surface area contributed by atoms with Crippen LogP contribution in [-0.2, 0) is 6.61 Å². The zero-order valence-electron chi connectivity index (χ0n) is 14.8. The van der Waals surface area contributed by atoms with Crippen LogP contribution in [0.15, 0.2) is 40.9 Å².